The molecule has 1 heterocycles. The summed E-state index contributed by atoms with van der Waals surface area (Å²) in [5.74, 6) is 0.633. The second-order valence-electron chi connectivity index (χ2n) is 4.26. The number of nitrogens with zero attached hydrogens (tertiary/aromatic N) is 1. The van der Waals surface area contributed by atoms with Crippen molar-refractivity contribution >= 4 is 17.5 Å². The second kappa shape index (κ2) is 6.07. The van der Waals surface area contributed by atoms with Crippen molar-refractivity contribution in [3.63, 3.8) is 0 Å². The predicted octanol–water partition coefficient (Wildman–Crippen LogP) is 1.97. The fraction of sp³-hybridized carbons (Fsp3) is 0.462. The molecule has 98 valence electrons. The van der Waals surface area contributed by atoms with Crippen LogP contribution in [0.2, 0.25) is 5.02 Å². The van der Waals surface area contributed by atoms with Crippen molar-refractivity contribution < 1.29 is 14.3 Å². The molecule has 0 radical (unpaired) electrons. The van der Waals surface area contributed by atoms with Gasteiger partial charge in [-0.3, -0.25) is 4.79 Å². The molecule has 0 spiro atoms. The van der Waals surface area contributed by atoms with Gasteiger partial charge < -0.3 is 14.4 Å². The Labute approximate surface area is 111 Å². The van der Waals surface area contributed by atoms with E-state index in [0.717, 1.165) is 0 Å². The van der Waals surface area contributed by atoms with Crippen LogP contribution in [0.5, 0.6) is 5.75 Å². The molecule has 1 aliphatic heterocycles. The first-order valence-electron chi connectivity index (χ1n) is 5.93. The van der Waals surface area contributed by atoms with Crippen LogP contribution in [0.1, 0.15) is 6.92 Å². The van der Waals surface area contributed by atoms with Gasteiger partial charge in [-0.15, -0.1) is 0 Å². The fourth-order valence-corrected chi connectivity index (χ4v) is 1.94. The SMILES string of the molecule is CC1CN(C(=O)COc2ccc(Cl)cc2)CCO1. The molecule has 1 saturated heterocycles. The summed E-state index contributed by atoms with van der Waals surface area (Å²) in [6, 6.07) is 6.96. The zero-order valence-electron chi connectivity index (χ0n) is 10.3. The lowest BCUT2D eigenvalue weighted by Gasteiger charge is -2.31. The Morgan fingerprint density at radius 1 is 1.50 bits per heavy atom. The lowest BCUT2D eigenvalue weighted by atomic mass is 10.3. The van der Waals surface area contributed by atoms with Gasteiger partial charge in [-0.05, 0) is 31.2 Å². The average Bonchev–Trinajstić information content (AvgIpc) is 2.38. The lowest BCUT2D eigenvalue weighted by molar-refractivity contribution is -0.140. The summed E-state index contributed by atoms with van der Waals surface area (Å²) >= 11 is 5.77. The zero-order valence-corrected chi connectivity index (χ0v) is 11.0. The number of hydrogen-bond acceptors (Lipinski definition) is 3. The molecule has 0 aliphatic carbocycles. The molecular weight excluding hydrogens is 254 g/mol. The van der Waals surface area contributed by atoms with E-state index in [1.54, 1.807) is 29.2 Å². The number of amides is 1. The number of carbonyl (C=O) groups excluding carboxylic acids is 1. The molecule has 1 aliphatic rings. The normalized spacial score (nSPS) is 19.7. The van der Waals surface area contributed by atoms with Gasteiger partial charge in [0.25, 0.3) is 5.91 Å². The van der Waals surface area contributed by atoms with E-state index in [-0.39, 0.29) is 18.6 Å². The van der Waals surface area contributed by atoms with Crippen LogP contribution in [0, 0.1) is 0 Å². The van der Waals surface area contributed by atoms with Crippen LogP contribution in [0.25, 0.3) is 0 Å². The summed E-state index contributed by atoms with van der Waals surface area (Å²) < 4.78 is 10.8. The minimum absolute atomic E-state index is 0.0138. The number of morpholine rings is 1. The first-order valence-corrected chi connectivity index (χ1v) is 6.30. The molecular formula is C13H16ClNO3. The topological polar surface area (TPSA) is 38.8 Å². The third-order valence-corrected chi connectivity index (χ3v) is 3.02. The van der Waals surface area contributed by atoms with Crippen LogP contribution in [0.4, 0.5) is 0 Å². The molecule has 2 rings (SSSR count). The van der Waals surface area contributed by atoms with Crippen LogP contribution < -0.4 is 4.74 Å². The minimum atomic E-state index is -0.0138. The van der Waals surface area contributed by atoms with Gasteiger partial charge in [-0.25, -0.2) is 0 Å². The summed E-state index contributed by atoms with van der Waals surface area (Å²) in [5, 5.41) is 0.649. The number of benzene rings is 1. The Kier molecular flexibility index (Phi) is 4.44. The van der Waals surface area contributed by atoms with Crippen LogP contribution in [-0.4, -0.2) is 43.2 Å². The van der Waals surface area contributed by atoms with Gasteiger partial charge in [0.05, 0.1) is 12.7 Å². The monoisotopic (exact) mass is 269 g/mol. The molecule has 0 aromatic heterocycles. The first kappa shape index (κ1) is 13.2. The molecule has 4 nitrogen and oxygen atoms in total. The van der Waals surface area contributed by atoms with Crippen LogP contribution in [0.3, 0.4) is 0 Å². The lowest BCUT2D eigenvalue weighted by Crippen LogP contribution is -2.46. The Hall–Kier alpha value is -1.26. The van der Waals surface area contributed by atoms with E-state index < -0.39 is 0 Å². The Balaban J connectivity index is 1.82. The largest absolute Gasteiger partial charge is 0.484 e. The van der Waals surface area contributed by atoms with Crippen molar-refractivity contribution in [2.45, 2.75) is 13.0 Å². The van der Waals surface area contributed by atoms with Crippen molar-refractivity contribution in [1.29, 1.82) is 0 Å². The molecule has 0 bridgehead atoms. The molecule has 1 atom stereocenters. The van der Waals surface area contributed by atoms with Gasteiger partial charge in [-0.1, -0.05) is 11.6 Å². The third kappa shape index (κ3) is 3.62. The summed E-state index contributed by atoms with van der Waals surface area (Å²) in [7, 11) is 0. The minimum Gasteiger partial charge on any atom is -0.484 e. The highest BCUT2D eigenvalue weighted by molar-refractivity contribution is 6.30. The molecule has 5 heteroatoms. The summed E-state index contributed by atoms with van der Waals surface area (Å²) in [6.45, 7) is 3.86. The molecule has 0 saturated carbocycles. The van der Waals surface area contributed by atoms with Gasteiger partial charge in [-0.2, -0.15) is 0 Å². The fourth-order valence-electron chi connectivity index (χ4n) is 1.81. The number of rotatable bonds is 3. The molecule has 0 N–H and O–H groups in total. The highest BCUT2D eigenvalue weighted by Crippen LogP contribution is 2.15. The Bertz CT molecular complexity index is 407. The van der Waals surface area contributed by atoms with E-state index in [4.69, 9.17) is 21.1 Å². The highest BCUT2D eigenvalue weighted by Gasteiger charge is 2.21. The van der Waals surface area contributed by atoms with Crippen LogP contribution in [0.15, 0.2) is 24.3 Å². The third-order valence-electron chi connectivity index (χ3n) is 2.77. The van der Waals surface area contributed by atoms with Gasteiger partial charge in [0.1, 0.15) is 5.75 Å². The van der Waals surface area contributed by atoms with E-state index in [1.807, 2.05) is 6.92 Å². The van der Waals surface area contributed by atoms with Gasteiger partial charge >= 0.3 is 0 Å². The second-order valence-corrected chi connectivity index (χ2v) is 4.70. The van der Waals surface area contributed by atoms with Crippen molar-refractivity contribution in [3.8, 4) is 5.75 Å². The number of hydrogen-bond donors (Lipinski definition) is 0. The number of ether oxygens (including phenoxy) is 2. The van der Waals surface area contributed by atoms with E-state index in [2.05, 4.69) is 0 Å². The Morgan fingerprint density at radius 3 is 2.89 bits per heavy atom. The van der Waals surface area contributed by atoms with E-state index >= 15 is 0 Å². The first-order chi connectivity index (χ1) is 8.65. The maximum absolute atomic E-state index is 11.9. The van der Waals surface area contributed by atoms with E-state index in [0.29, 0.717) is 30.5 Å². The average molecular weight is 270 g/mol. The maximum atomic E-state index is 11.9. The molecule has 1 amide bonds. The summed E-state index contributed by atoms with van der Waals surface area (Å²) in [4.78, 5) is 13.7. The smallest absolute Gasteiger partial charge is 0.260 e. The van der Waals surface area contributed by atoms with Crippen LogP contribution in [-0.2, 0) is 9.53 Å². The van der Waals surface area contributed by atoms with Crippen molar-refractivity contribution in [1.82, 2.24) is 4.90 Å². The predicted molar refractivity (Wildman–Crippen MR) is 68.9 cm³/mol. The quantitative estimate of drug-likeness (QED) is 0.842. The Morgan fingerprint density at radius 2 is 2.22 bits per heavy atom. The van der Waals surface area contributed by atoms with Crippen LogP contribution >= 0.6 is 11.6 Å². The molecule has 18 heavy (non-hydrogen) atoms. The molecule has 1 aromatic carbocycles. The maximum Gasteiger partial charge on any atom is 0.260 e. The van der Waals surface area contributed by atoms with Crippen molar-refractivity contribution in [2.24, 2.45) is 0 Å². The van der Waals surface area contributed by atoms with E-state index in [1.165, 1.54) is 0 Å². The summed E-state index contributed by atoms with van der Waals surface area (Å²) in [5.41, 5.74) is 0. The van der Waals surface area contributed by atoms with Crippen molar-refractivity contribution in [2.75, 3.05) is 26.3 Å². The standard InChI is InChI=1S/C13H16ClNO3/c1-10-8-15(6-7-17-10)13(16)9-18-12-4-2-11(14)3-5-12/h2-5,10H,6-9H2,1H3. The molecule has 1 unspecified atom stereocenters. The number of halogens is 1. The molecule has 1 aromatic rings. The van der Waals surface area contributed by atoms with Gasteiger partial charge in [0.15, 0.2) is 6.61 Å². The zero-order chi connectivity index (χ0) is 13.0. The highest BCUT2D eigenvalue weighted by atomic mass is 35.5. The van der Waals surface area contributed by atoms with Gasteiger partial charge in [0, 0.05) is 18.1 Å². The van der Waals surface area contributed by atoms with Crippen molar-refractivity contribution in [3.05, 3.63) is 29.3 Å². The number of carbonyl (C=O) groups is 1. The van der Waals surface area contributed by atoms with Gasteiger partial charge in [0.2, 0.25) is 0 Å². The van der Waals surface area contributed by atoms with E-state index in [9.17, 15) is 4.79 Å². The molecule has 1 fully saturated rings. The summed E-state index contributed by atoms with van der Waals surface area (Å²) in [6.07, 6.45) is 0.0956.